The molecule has 1 saturated heterocycles. The van der Waals surface area contributed by atoms with E-state index in [1.165, 1.54) is 31.4 Å². The van der Waals surface area contributed by atoms with Crippen LogP contribution in [0.1, 0.15) is 44.7 Å². The molecule has 1 aliphatic heterocycles. The van der Waals surface area contributed by atoms with Crippen molar-refractivity contribution < 1.29 is 4.74 Å². The predicted octanol–water partition coefficient (Wildman–Crippen LogP) is 3.22. The fourth-order valence-electron chi connectivity index (χ4n) is 3.03. The molecule has 1 N–H and O–H groups in total. The second-order valence-corrected chi connectivity index (χ2v) is 5.72. The molecule has 2 unspecified atom stereocenters. The van der Waals surface area contributed by atoms with Crippen molar-refractivity contribution in [2.24, 2.45) is 0 Å². The maximum absolute atomic E-state index is 5.25. The van der Waals surface area contributed by atoms with Crippen LogP contribution >= 0.6 is 0 Å². The average Bonchev–Trinajstić information content (AvgIpc) is 2.49. The summed E-state index contributed by atoms with van der Waals surface area (Å²) in [5.74, 6) is 0.926. The third kappa shape index (κ3) is 3.97. The molecule has 0 aromatic heterocycles. The van der Waals surface area contributed by atoms with E-state index in [0.717, 1.165) is 18.8 Å². The summed E-state index contributed by atoms with van der Waals surface area (Å²) in [6.07, 6.45) is 4.05. The van der Waals surface area contributed by atoms with Crippen LogP contribution in [0.4, 0.5) is 0 Å². The summed E-state index contributed by atoms with van der Waals surface area (Å²) < 4.78 is 5.25. The Morgan fingerprint density at radius 3 is 2.65 bits per heavy atom. The summed E-state index contributed by atoms with van der Waals surface area (Å²) in [6, 6.07) is 9.59. The average molecular weight is 276 g/mol. The summed E-state index contributed by atoms with van der Waals surface area (Å²) >= 11 is 0. The molecule has 0 aliphatic carbocycles. The van der Waals surface area contributed by atoms with Gasteiger partial charge in [-0.15, -0.1) is 0 Å². The first-order valence-electron chi connectivity index (χ1n) is 7.86. The summed E-state index contributed by atoms with van der Waals surface area (Å²) in [4.78, 5) is 2.63. The zero-order chi connectivity index (χ0) is 14.4. The van der Waals surface area contributed by atoms with Crippen LogP contribution in [0.3, 0.4) is 0 Å². The van der Waals surface area contributed by atoms with Gasteiger partial charge in [-0.25, -0.2) is 0 Å². The summed E-state index contributed by atoms with van der Waals surface area (Å²) in [5, 5.41) is 3.62. The maximum atomic E-state index is 5.25. The minimum absolute atomic E-state index is 0.409. The van der Waals surface area contributed by atoms with Crippen molar-refractivity contribution >= 4 is 0 Å². The van der Waals surface area contributed by atoms with Crippen molar-refractivity contribution in [2.75, 3.05) is 26.7 Å². The number of rotatable bonds is 6. The molecule has 0 amide bonds. The van der Waals surface area contributed by atoms with E-state index in [2.05, 4.69) is 48.3 Å². The minimum Gasteiger partial charge on any atom is -0.497 e. The first-order chi connectivity index (χ1) is 9.74. The van der Waals surface area contributed by atoms with Crippen molar-refractivity contribution in [3.8, 4) is 5.75 Å². The van der Waals surface area contributed by atoms with Crippen LogP contribution in [0.5, 0.6) is 5.75 Å². The van der Waals surface area contributed by atoms with Gasteiger partial charge in [-0.2, -0.15) is 0 Å². The number of ether oxygens (including phenoxy) is 1. The number of hydrogen-bond acceptors (Lipinski definition) is 3. The number of likely N-dealkylation sites (N-methyl/N-ethyl adjacent to an activating group) is 1. The fraction of sp³-hybridized carbons (Fsp3) is 0.647. The lowest BCUT2D eigenvalue weighted by atomic mass is 10.0. The van der Waals surface area contributed by atoms with Gasteiger partial charge in [0.25, 0.3) is 0 Å². The highest BCUT2D eigenvalue weighted by Gasteiger charge is 2.22. The van der Waals surface area contributed by atoms with Crippen molar-refractivity contribution in [3.05, 3.63) is 29.8 Å². The van der Waals surface area contributed by atoms with Gasteiger partial charge in [0.2, 0.25) is 0 Å². The summed E-state index contributed by atoms with van der Waals surface area (Å²) in [7, 11) is 1.71. The molecule has 0 radical (unpaired) electrons. The largest absolute Gasteiger partial charge is 0.497 e. The second-order valence-electron chi connectivity index (χ2n) is 5.72. The molecule has 0 saturated carbocycles. The minimum atomic E-state index is 0.409. The van der Waals surface area contributed by atoms with E-state index in [1.807, 2.05) is 0 Å². The molecule has 1 aromatic carbocycles. The van der Waals surface area contributed by atoms with Crippen LogP contribution in [0.15, 0.2) is 24.3 Å². The van der Waals surface area contributed by atoms with Crippen molar-refractivity contribution in [1.29, 1.82) is 0 Å². The third-order valence-corrected chi connectivity index (χ3v) is 4.33. The molecule has 112 valence electrons. The van der Waals surface area contributed by atoms with Gasteiger partial charge in [-0.3, -0.25) is 4.90 Å². The number of hydrogen-bond donors (Lipinski definition) is 1. The lowest BCUT2D eigenvalue weighted by Gasteiger charge is -2.36. The molecule has 0 bridgehead atoms. The summed E-state index contributed by atoms with van der Waals surface area (Å²) in [5.41, 5.74) is 1.35. The van der Waals surface area contributed by atoms with Gasteiger partial charge < -0.3 is 10.1 Å². The first-order valence-corrected chi connectivity index (χ1v) is 7.86. The Balaban J connectivity index is 2.04. The van der Waals surface area contributed by atoms with Gasteiger partial charge in [0.15, 0.2) is 0 Å². The van der Waals surface area contributed by atoms with E-state index < -0.39 is 0 Å². The Hall–Kier alpha value is -1.06. The predicted molar refractivity (Wildman–Crippen MR) is 84.3 cm³/mol. The zero-order valence-electron chi connectivity index (χ0n) is 13.1. The Morgan fingerprint density at radius 1 is 1.30 bits per heavy atom. The second kappa shape index (κ2) is 7.65. The van der Waals surface area contributed by atoms with Gasteiger partial charge in [0, 0.05) is 18.6 Å². The van der Waals surface area contributed by atoms with E-state index >= 15 is 0 Å². The molecule has 0 spiro atoms. The smallest absolute Gasteiger partial charge is 0.118 e. The number of piperidine rings is 1. The Labute approximate surface area is 123 Å². The van der Waals surface area contributed by atoms with Crippen LogP contribution in [0.25, 0.3) is 0 Å². The molecule has 2 atom stereocenters. The van der Waals surface area contributed by atoms with E-state index in [0.29, 0.717) is 12.1 Å². The Bertz CT molecular complexity index is 390. The molecule has 1 aliphatic rings. The highest BCUT2D eigenvalue weighted by Crippen LogP contribution is 2.23. The molecule has 1 aromatic rings. The molecule has 1 heterocycles. The van der Waals surface area contributed by atoms with Crippen LogP contribution in [-0.2, 0) is 0 Å². The Kier molecular flexibility index (Phi) is 5.86. The van der Waals surface area contributed by atoms with E-state index in [-0.39, 0.29) is 0 Å². The maximum Gasteiger partial charge on any atom is 0.118 e. The number of likely N-dealkylation sites (tertiary alicyclic amines) is 1. The zero-order valence-corrected chi connectivity index (χ0v) is 13.1. The molecular formula is C17H28N2O. The molecule has 3 nitrogen and oxygen atoms in total. The standard InChI is InChI=1S/C17H28N2O/c1-4-18-17(13-19-12-6-5-7-14(19)2)15-8-10-16(20-3)11-9-15/h8-11,14,17-18H,4-7,12-13H2,1-3H3. The van der Waals surface area contributed by atoms with Gasteiger partial charge in [0.05, 0.1) is 7.11 Å². The number of nitrogens with one attached hydrogen (secondary N) is 1. The normalized spacial score (nSPS) is 21.6. The molecule has 2 rings (SSSR count). The lowest BCUT2D eigenvalue weighted by Crippen LogP contribution is -2.43. The first kappa shape index (κ1) is 15.3. The molecule has 3 heteroatoms. The summed E-state index contributed by atoms with van der Waals surface area (Å²) in [6.45, 7) is 7.87. The van der Waals surface area contributed by atoms with Crippen molar-refractivity contribution in [1.82, 2.24) is 10.2 Å². The quantitative estimate of drug-likeness (QED) is 0.863. The highest BCUT2D eigenvalue weighted by atomic mass is 16.5. The van der Waals surface area contributed by atoms with Crippen molar-refractivity contribution in [3.63, 3.8) is 0 Å². The van der Waals surface area contributed by atoms with E-state index in [4.69, 9.17) is 4.74 Å². The monoisotopic (exact) mass is 276 g/mol. The van der Waals surface area contributed by atoms with Gasteiger partial charge in [-0.1, -0.05) is 25.5 Å². The SMILES string of the molecule is CCNC(CN1CCCCC1C)c1ccc(OC)cc1. The number of benzene rings is 1. The topological polar surface area (TPSA) is 24.5 Å². The van der Waals surface area contributed by atoms with Crippen LogP contribution in [-0.4, -0.2) is 37.7 Å². The van der Waals surface area contributed by atoms with Gasteiger partial charge in [0.1, 0.15) is 5.75 Å². The Morgan fingerprint density at radius 2 is 2.05 bits per heavy atom. The fourth-order valence-corrected chi connectivity index (χ4v) is 3.03. The van der Waals surface area contributed by atoms with E-state index in [1.54, 1.807) is 7.11 Å². The third-order valence-electron chi connectivity index (χ3n) is 4.33. The number of methoxy groups -OCH3 is 1. The molecule has 20 heavy (non-hydrogen) atoms. The van der Waals surface area contributed by atoms with Crippen LogP contribution < -0.4 is 10.1 Å². The van der Waals surface area contributed by atoms with Crippen LogP contribution in [0.2, 0.25) is 0 Å². The van der Waals surface area contributed by atoms with Gasteiger partial charge in [-0.05, 0) is 50.6 Å². The number of nitrogens with zero attached hydrogens (tertiary/aromatic N) is 1. The highest BCUT2D eigenvalue weighted by molar-refractivity contribution is 5.29. The van der Waals surface area contributed by atoms with Crippen molar-refractivity contribution in [2.45, 2.75) is 45.2 Å². The van der Waals surface area contributed by atoms with E-state index in [9.17, 15) is 0 Å². The molecule has 1 fully saturated rings. The lowest BCUT2D eigenvalue weighted by molar-refractivity contribution is 0.144. The van der Waals surface area contributed by atoms with Crippen LogP contribution in [0, 0.1) is 0 Å². The van der Waals surface area contributed by atoms with Gasteiger partial charge >= 0.3 is 0 Å². The molecular weight excluding hydrogens is 248 g/mol.